The minimum atomic E-state index is -0.299. The molecule has 1 aromatic carbocycles. The Balaban J connectivity index is 1.78. The summed E-state index contributed by atoms with van der Waals surface area (Å²) in [5.41, 5.74) is 0. The maximum Gasteiger partial charge on any atom is 0.242 e. The third kappa shape index (κ3) is 5.54. The van der Waals surface area contributed by atoms with Crippen LogP contribution in [-0.2, 0) is 4.79 Å². The molecule has 0 spiro atoms. The normalized spacial score (nSPS) is 12.0. The number of amides is 1. The van der Waals surface area contributed by atoms with Gasteiger partial charge < -0.3 is 10.1 Å². The molecule has 1 atom stereocenters. The van der Waals surface area contributed by atoms with Gasteiger partial charge in [-0.15, -0.1) is 0 Å². The number of anilines is 1. The second-order valence-electron chi connectivity index (χ2n) is 5.17. The molecule has 0 saturated carbocycles. The van der Waals surface area contributed by atoms with E-state index in [1.165, 1.54) is 6.20 Å². The second kappa shape index (κ2) is 8.50. The predicted molar refractivity (Wildman–Crippen MR) is 91.9 cm³/mol. The highest BCUT2D eigenvalue weighted by atomic mass is 35.5. The molecule has 2 rings (SSSR count). The summed E-state index contributed by atoms with van der Waals surface area (Å²) in [6.07, 6.45) is 1.50. The van der Waals surface area contributed by atoms with Gasteiger partial charge in [0.2, 0.25) is 5.91 Å². The molecule has 0 radical (unpaired) electrons. The topological polar surface area (TPSA) is 54.5 Å². The molecule has 0 saturated heterocycles. The van der Waals surface area contributed by atoms with Crippen LogP contribution >= 0.6 is 11.6 Å². The van der Waals surface area contributed by atoms with Gasteiger partial charge in [0.1, 0.15) is 18.2 Å². The van der Waals surface area contributed by atoms with Gasteiger partial charge in [-0.05, 0) is 38.2 Å². The monoisotopic (exact) mass is 333 g/mol. The highest BCUT2D eigenvalue weighted by Gasteiger charge is 2.18. The third-order valence-corrected chi connectivity index (χ3v) is 3.70. The van der Waals surface area contributed by atoms with Gasteiger partial charge in [-0.25, -0.2) is 4.98 Å². The largest absolute Gasteiger partial charge is 0.492 e. The number of aromatic nitrogens is 1. The summed E-state index contributed by atoms with van der Waals surface area (Å²) in [6, 6.07) is 12.7. The molecule has 0 bridgehead atoms. The summed E-state index contributed by atoms with van der Waals surface area (Å²) in [6.45, 7) is 2.99. The Morgan fingerprint density at radius 3 is 2.70 bits per heavy atom. The number of nitrogens with zero attached hydrogens (tertiary/aromatic N) is 2. The first kappa shape index (κ1) is 17.2. The van der Waals surface area contributed by atoms with Crippen molar-refractivity contribution < 1.29 is 9.53 Å². The zero-order chi connectivity index (χ0) is 16.7. The lowest BCUT2D eigenvalue weighted by Gasteiger charge is -2.23. The van der Waals surface area contributed by atoms with E-state index in [9.17, 15) is 4.79 Å². The van der Waals surface area contributed by atoms with Gasteiger partial charge in [0.05, 0.1) is 11.1 Å². The van der Waals surface area contributed by atoms with Crippen LogP contribution in [0.5, 0.6) is 5.75 Å². The molecule has 1 heterocycles. The predicted octanol–water partition coefficient (Wildman–Crippen LogP) is 3.07. The van der Waals surface area contributed by atoms with Crippen LogP contribution in [0.1, 0.15) is 6.92 Å². The van der Waals surface area contributed by atoms with Gasteiger partial charge in [0.25, 0.3) is 0 Å². The quantitative estimate of drug-likeness (QED) is 0.846. The highest BCUT2D eigenvalue weighted by Crippen LogP contribution is 2.11. The maximum absolute atomic E-state index is 12.2. The minimum Gasteiger partial charge on any atom is -0.492 e. The van der Waals surface area contributed by atoms with Crippen molar-refractivity contribution in [3.8, 4) is 5.75 Å². The Labute approximate surface area is 141 Å². The van der Waals surface area contributed by atoms with Crippen LogP contribution in [0.15, 0.2) is 48.7 Å². The molecule has 0 aliphatic rings. The molecule has 23 heavy (non-hydrogen) atoms. The molecule has 1 N–H and O–H groups in total. The van der Waals surface area contributed by atoms with E-state index in [-0.39, 0.29) is 11.9 Å². The SMILES string of the molecule is CC(C(=O)Nc1ccc(Cl)cn1)N(C)CCOc1ccccc1. The van der Waals surface area contributed by atoms with Crippen molar-refractivity contribution in [2.45, 2.75) is 13.0 Å². The van der Waals surface area contributed by atoms with Crippen LogP contribution in [0.3, 0.4) is 0 Å². The summed E-state index contributed by atoms with van der Waals surface area (Å²) < 4.78 is 5.64. The Morgan fingerprint density at radius 1 is 1.30 bits per heavy atom. The highest BCUT2D eigenvalue weighted by molar-refractivity contribution is 6.30. The summed E-state index contributed by atoms with van der Waals surface area (Å²) in [4.78, 5) is 18.2. The third-order valence-electron chi connectivity index (χ3n) is 3.48. The van der Waals surface area contributed by atoms with Crippen molar-refractivity contribution in [3.05, 3.63) is 53.7 Å². The number of likely N-dealkylation sites (N-methyl/N-ethyl adjacent to an activating group) is 1. The van der Waals surface area contributed by atoms with Crippen molar-refractivity contribution in [3.63, 3.8) is 0 Å². The average molecular weight is 334 g/mol. The lowest BCUT2D eigenvalue weighted by Crippen LogP contribution is -2.41. The number of hydrogen-bond donors (Lipinski definition) is 1. The van der Waals surface area contributed by atoms with E-state index < -0.39 is 0 Å². The van der Waals surface area contributed by atoms with E-state index >= 15 is 0 Å². The fourth-order valence-electron chi connectivity index (χ4n) is 1.90. The van der Waals surface area contributed by atoms with Crippen LogP contribution in [0.25, 0.3) is 0 Å². The van der Waals surface area contributed by atoms with Gasteiger partial charge in [-0.2, -0.15) is 0 Å². The van der Waals surface area contributed by atoms with Gasteiger partial charge >= 0.3 is 0 Å². The summed E-state index contributed by atoms with van der Waals surface area (Å²) in [5, 5.41) is 3.30. The lowest BCUT2D eigenvalue weighted by atomic mass is 10.2. The molecule has 0 fully saturated rings. The molecule has 0 aliphatic carbocycles. The standard InChI is InChI=1S/C17H20ClN3O2/c1-13(17(22)20-16-9-8-14(18)12-19-16)21(2)10-11-23-15-6-4-3-5-7-15/h3-9,12-13H,10-11H2,1-2H3,(H,19,20,22). The molecule has 1 unspecified atom stereocenters. The zero-order valence-electron chi connectivity index (χ0n) is 13.2. The van der Waals surface area contributed by atoms with Gasteiger partial charge in [0, 0.05) is 12.7 Å². The van der Waals surface area contributed by atoms with E-state index in [2.05, 4.69) is 10.3 Å². The first-order chi connectivity index (χ1) is 11.1. The zero-order valence-corrected chi connectivity index (χ0v) is 14.0. The Bertz CT molecular complexity index is 619. The van der Waals surface area contributed by atoms with Gasteiger partial charge in [-0.1, -0.05) is 29.8 Å². The fourth-order valence-corrected chi connectivity index (χ4v) is 2.01. The number of ether oxygens (including phenoxy) is 1. The molecule has 6 heteroatoms. The van der Waals surface area contributed by atoms with Crippen molar-refractivity contribution in [2.24, 2.45) is 0 Å². The van der Waals surface area contributed by atoms with Crippen LogP contribution in [0, 0.1) is 0 Å². The number of nitrogens with one attached hydrogen (secondary N) is 1. The number of hydrogen-bond acceptors (Lipinski definition) is 4. The average Bonchev–Trinajstić information content (AvgIpc) is 2.57. The molecule has 0 aliphatic heterocycles. The lowest BCUT2D eigenvalue weighted by molar-refractivity contribution is -0.120. The summed E-state index contributed by atoms with van der Waals surface area (Å²) >= 11 is 5.77. The minimum absolute atomic E-state index is 0.123. The fraction of sp³-hybridized carbons (Fsp3) is 0.294. The van der Waals surface area contributed by atoms with E-state index in [0.717, 1.165) is 5.75 Å². The van der Waals surface area contributed by atoms with Crippen molar-refractivity contribution in [1.29, 1.82) is 0 Å². The number of carbonyl (C=O) groups is 1. The molecule has 1 aromatic heterocycles. The van der Waals surface area contributed by atoms with E-state index in [1.54, 1.807) is 12.1 Å². The van der Waals surface area contributed by atoms with E-state index in [0.29, 0.717) is 24.0 Å². The number of pyridine rings is 1. The Hall–Kier alpha value is -2.11. The maximum atomic E-state index is 12.2. The van der Waals surface area contributed by atoms with Crippen molar-refractivity contribution in [2.75, 3.05) is 25.5 Å². The van der Waals surface area contributed by atoms with Crippen molar-refractivity contribution in [1.82, 2.24) is 9.88 Å². The van der Waals surface area contributed by atoms with Gasteiger partial charge in [0.15, 0.2) is 0 Å². The summed E-state index contributed by atoms with van der Waals surface area (Å²) in [7, 11) is 1.88. The molecule has 2 aromatic rings. The number of para-hydroxylation sites is 1. The van der Waals surface area contributed by atoms with Crippen LogP contribution in [-0.4, -0.2) is 42.0 Å². The number of halogens is 1. The first-order valence-corrected chi connectivity index (χ1v) is 7.74. The first-order valence-electron chi connectivity index (χ1n) is 7.37. The van der Waals surface area contributed by atoms with Gasteiger partial charge in [-0.3, -0.25) is 9.69 Å². The number of rotatable bonds is 7. The Morgan fingerprint density at radius 2 is 2.04 bits per heavy atom. The number of carbonyl (C=O) groups excluding carboxylic acids is 1. The number of benzene rings is 1. The summed E-state index contributed by atoms with van der Waals surface area (Å²) in [5.74, 6) is 1.19. The van der Waals surface area contributed by atoms with Crippen molar-refractivity contribution >= 4 is 23.3 Å². The Kier molecular flexibility index (Phi) is 6.38. The smallest absolute Gasteiger partial charge is 0.242 e. The molecular formula is C17H20ClN3O2. The van der Waals surface area contributed by atoms with Crippen LogP contribution in [0.2, 0.25) is 5.02 Å². The second-order valence-corrected chi connectivity index (χ2v) is 5.61. The van der Waals surface area contributed by atoms with E-state index in [1.807, 2.05) is 49.2 Å². The van der Waals surface area contributed by atoms with Crippen LogP contribution < -0.4 is 10.1 Å². The molecule has 1 amide bonds. The van der Waals surface area contributed by atoms with Crippen LogP contribution in [0.4, 0.5) is 5.82 Å². The molecule has 5 nitrogen and oxygen atoms in total. The van der Waals surface area contributed by atoms with E-state index in [4.69, 9.17) is 16.3 Å². The molecular weight excluding hydrogens is 314 g/mol. The molecule has 122 valence electrons.